The van der Waals surface area contributed by atoms with Crippen molar-refractivity contribution in [3.8, 4) is 5.75 Å². The first kappa shape index (κ1) is 24.2. The molecule has 0 saturated carbocycles. The molecule has 2 aromatic rings. The molecule has 184 valence electrons. The van der Waals surface area contributed by atoms with E-state index >= 15 is 0 Å². The van der Waals surface area contributed by atoms with Crippen molar-refractivity contribution in [3.63, 3.8) is 0 Å². The van der Waals surface area contributed by atoms with Crippen LogP contribution in [-0.4, -0.2) is 45.2 Å². The molecule has 4 rings (SSSR count). The molecule has 2 aliphatic heterocycles. The van der Waals surface area contributed by atoms with Crippen molar-refractivity contribution in [2.75, 3.05) is 43.1 Å². The van der Waals surface area contributed by atoms with Crippen LogP contribution in [0.1, 0.15) is 31.4 Å². The smallest absolute Gasteiger partial charge is 0.416 e. The monoisotopic (exact) mass is 475 g/mol. The van der Waals surface area contributed by atoms with Crippen LogP contribution in [0.15, 0.2) is 42.5 Å². The number of carbonyl (C=O) groups excluding carboxylic acids is 1. The number of anilines is 2. The van der Waals surface area contributed by atoms with Crippen LogP contribution >= 0.6 is 0 Å². The fourth-order valence-corrected chi connectivity index (χ4v) is 5.02. The molecule has 2 aromatic carbocycles. The number of para-hydroxylation sites is 2. The van der Waals surface area contributed by atoms with E-state index in [-0.39, 0.29) is 18.4 Å². The minimum Gasteiger partial charge on any atom is -0.495 e. The normalized spacial score (nSPS) is 20.1. The Labute approximate surface area is 198 Å². The highest BCUT2D eigenvalue weighted by atomic mass is 19.4. The average Bonchev–Trinajstić information content (AvgIpc) is 2.81. The van der Waals surface area contributed by atoms with Crippen molar-refractivity contribution in [1.82, 2.24) is 5.32 Å². The number of piperazine rings is 1. The van der Waals surface area contributed by atoms with Crippen LogP contribution in [0.4, 0.5) is 24.5 Å². The summed E-state index contributed by atoms with van der Waals surface area (Å²) in [4.78, 5) is 17.6. The van der Waals surface area contributed by atoms with Crippen LogP contribution in [0.2, 0.25) is 0 Å². The zero-order valence-electron chi connectivity index (χ0n) is 19.9. The van der Waals surface area contributed by atoms with Crippen molar-refractivity contribution >= 4 is 17.3 Å². The number of carbonyl (C=O) groups is 1. The van der Waals surface area contributed by atoms with E-state index in [9.17, 15) is 18.0 Å². The second-order valence-corrected chi connectivity index (χ2v) is 9.50. The van der Waals surface area contributed by atoms with Gasteiger partial charge in [-0.25, -0.2) is 0 Å². The van der Waals surface area contributed by atoms with Gasteiger partial charge >= 0.3 is 6.18 Å². The molecular weight excluding hydrogens is 443 g/mol. The van der Waals surface area contributed by atoms with E-state index in [0.29, 0.717) is 37.7 Å². The summed E-state index contributed by atoms with van der Waals surface area (Å²) in [5.74, 6) is 0.676. The zero-order valence-corrected chi connectivity index (χ0v) is 19.9. The Kier molecular flexibility index (Phi) is 6.96. The maximum Gasteiger partial charge on any atom is 0.416 e. The quantitative estimate of drug-likeness (QED) is 0.655. The molecule has 2 aliphatic rings. The van der Waals surface area contributed by atoms with E-state index < -0.39 is 17.7 Å². The van der Waals surface area contributed by atoms with Crippen LogP contribution < -0.4 is 19.9 Å². The van der Waals surface area contributed by atoms with Crippen molar-refractivity contribution in [2.24, 2.45) is 11.8 Å². The molecule has 1 fully saturated rings. The molecule has 2 heterocycles. The second-order valence-electron chi connectivity index (χ2n) is 9.50. The number of fused-ring (bicyclic) bond motifs is 3. The first-order valence-electron chi connectivity index (χ1n) is 11.8. The highest BCUT2D eigenvalue weighted by Gasteiger charge is 2.43. The van der Waals surface area contributed by atoms with Gasteiger partial charge in [-0.3, -0.25) is 4.79 Å². The Bertz CT molecular complexity index is 1020. The summed E-state index contributed by atoms with van der Waals surface area (Å²) in [6.45, 7) is 6.62. The lowest BCUT2D eigenvalue weighted by atomic mass is 9.82. The summed E-state index contributed by atoms with van der Waals surface area (Å²) in [5.41, 5.74) is 1.67. The maximum absolute atomic E-state index is 13.4. The number of ether oxygens (including phenoxy) is 1. The van der Waals surface area contributed by atoms with Gasteiger partial charge < -0.3 is 19.9 Å². The summed E-state index contributed by atoms with van der Waals surface area (Å²) >= 11 is 0. The number of hydrogen-bond acceptors (Lipinski definition) is 4. The molecule has 1 amide bonds. The van der Waals surface area contributed by atoms with E-state index in [1.165, 1.54) is 6.07 Å². The van der Waals surface area contributed by atoms with E-state index in [1.807, 2.05) is 24.3 Å². The lowest BCUT2D eigenvalue weighted by molar-refractivity contribution is -0.137. The molecule has 34 heavy (non-hydrogen) atoms. The van der Waals surface area contributed by atoms with Gasteiger partial charge in [-0.2, -0.15) is 13.2 Å². The number of nitrogens with zero attached hydrogens (tertiary/aromatic N) is 2. The number of alkyl halides is 3. The zero-order chi connectivity index (χ0) is 24.5. The Morgan fingerprint density at radius 2 is 1.91 bits per heavy atom. The van der Waals surface area contributed by atoms with E-state index in [0.717, 1.165) is 29.6 Å². The molecule has 8 heteroatoms. The van der Waals surface area contributed by atoms with Crippen molar-refractivity contribution in [1.29, 1.82) is 0 Å². The number of rotatable bonds is 6. The Hall–Kier alpha value is -2.90. The molecule has 0 aromatic heterocycles. The third kappa shape index (κ3) is 4.95. The van der Waals surface area contributed by atoms with Crippen LogP contribution in [0.5, 0.6) is 5.75 Å². The number of amides is 1. The van der Waals surface area contributed by atoms with Crippen molar-refractivity contribution in [2.45, 2.75) is 38.9 Å². The minimum absolute atomic E-state index is 0.0967. The van der Waals surface area contributed by atoms with Gasteiger partial charge in [0.15, 0.2) is 0 Å². The average molecular weight is 476 g/mol. The van der Waals surface area contributed by atoms with Crippen LogP contribution in [0.25, 0.3) is 0 Å². The summed E-state index contributed by atoms with van der Waals surface area (Å²) in [6.07, 6.45) is -3.27. The fourth-order valence-electron chi connectivity index (χ4n) is 5.02. The summed E-state index contributed by atoms with van der Waals surface area (Å²) < 4.78 is 45.7. The van der Waals surface area contributed by atoms with E-state index in [4.69, 9.17) is 4.74 Å². The molecule has 0 bridgehead atoms. The molecular formula is C26H32F3N3O2. The summed E-state index contributed by atoms with van der Waals surface area (Å²) in [5, 5.41) is 3.04. The lowest BCUT2D eigenvalue weighted by Crippen LogP contribution is -2.61. The van der Waals surface area contributed by atoms with Gasteiger partial charge in [0.2, 0.25) is 5.91 Å². The molecule has 0 spiro atoms. The molecule has 0 aliphatic carbocycles. The van der Waals surface area contributed by atoms with Gasteiger partial charge in [-0.15, -0.1) is 0 Å². The Morgan fingerprint density at radius 3 is 2.62 bits per heavy atom. The first-order chi connectivity index (χ1) is 16.2. The topological polar surface area (TPSA) is 44.8 Å². The van der Waals surface area contributed by atoms with Gasteiger partial charge in [0, 0.05) is 31.9 Å². The SMILES string of the molecule is COc1ccccc1N1CCN2c3ccc(C(F)(F)F)cc3C[C@@H](C(=O)NCCC(C)C)[C@@H]2C1. The number of hydrogen-bond donors (Lipinski definition) is 1. The third-order valence-corrected chi connectivity index (χ3v) is 6.82. The van der Waals surface area contributed by atoms with Gasteiger partial charge in [0.25, 0.3) is 0 Å². The molecule has 5 nitrogen and oxygen atoms in total. The molecule has 1 N–H and O–H groups in total. The molecule has 2 atom stereocenters. The number of nitrogens with one attached hydrogen (secondary N) is 1. The molecule has 1 saturated heterocycles. The van der Waals surface area contributed by atoms with Gasteiger partial charge in [0.05, 0.1) is 30.3 Å². The van der Waals surface area contributed by atoms with Crippen LogP contribution in [0, 0.1) is 11.8 Å². The Morgan fingerprint density at radius 1 is 1.15 bits per heavy atom. The maximum atomic E-state index is 13.4. The first-order valence-corrected chi connectivity index (χ1v) is 11.8. The molecule has 0 radical (unpaired) electrons. The number of halogens is 3. The highest BCUT2D eigenvalue weighted by Crippen LogP contribution is 2.41. The predicted molar refractivity (Wildman–Crippen MR) is 127 cm³/mol. The lowest BCUT2D eigenvalue weighted by Gasteiger charge is -2.49. The van der Waals surface area contributed by atoms with Crippen LogP contribution in [-0.2, 0) is 17.4 Å². The van der Waals surface area contributed by atoms with E-state index in [2.05, 4.69) is 29.0 Å². The summed E-state index contributed by atoms with van der Waals surface area (Å²) in [7, 11) is 1.63. The Balaban J connectivity index is 1.65. The fraction of sp³-hybridized carbons (Fsp3) is 0.500. The van der Waals surface area contributed by atoms with Gasteiger partial charge in [0.1, 0.15) is 5.75 Å². The van der Waals surface area contributed by atoms with Crippen molar-refractivity contribution < 1.29 is 22.7 Å². The number of methoxy groups -OCH3 is 1. The van der Waals surface area contributed by atoms with E-state index in [1.54, 1.807) is 13.2 Å². The van der Waals surface area contributed by atoms with Crippen molar-refractivity contribution in [3.05, 3.63) is 53.6 Å². The number of benzene rings is 2. The highest BCUT2D eigenvalue weighted by molar-refractivity contribution is 5.82. The largest absolute Gasteiger partial charge is 0.495 e. The minimum atomic E-state index is -4.41. The molecule has 0 unspecified atom stereocenters. The summed E-state index contributed by atoms with van der Waals surface area (Å²) in [6, 6.07) is 11.6. The standard InChI is InChI=1S/C26H32F3N3O2/c1-17(2)10-11-30-25(33)20-15-18-14-19(26(27,28)29)8-9-21(18)32-13-12-31(16-23(20)32)22-6-4-5-7-24(22)34-3/h4-9,14,17,20,23H,10-13,15-16H2,1-3H3,(H,30,33)/t20-,23+/m1/s1. The predicted octanol–water partition coefficient (Wildman–Crippen LogP) is 4.74. The van der Waals surface area contributed by atoms with Gasteiger partial charge in [-0.1, -0.05) is 26.0 Å². The van der Waals surface area contributed by atoms with Crippen LogP contribution in [0.3, 0.4) is 0 Å². The van der Waals surface area contributed by atoms with Gasteiger partial charge in [-0.05, 0) is 54.7 Å². The third-order valence-electron chi connectivity index (χ3n) is 6.82. The second kappa shape index (κ2) is 9.76.